The molecule has 4 rings (SSSR count). The molecule has 0 saturated heterocycles. The van der Waals surface area contributed by atoms with Gasteiger partial charge < -0.3 is 19.9 Å². The molecule has 1 aromatic carbocycles. The Bertz CT molecular complexity index is 825. The van der Waals surface area contributed by atoms with Crippen molar-refractivity contribution < 1.29 is 19.4 Å². The first-order valence-corrected chi connectivity index (χ1v) is 11.1. The topological polar surface area (TPSA) is 67.8 Å². The highest BCUT2D eigenvalue weighted by molar-refractivity contribution is 7.10. The lowest BCUT2D eigenvalue weighted by atomic mass is 9.99. The molecule has 1 aliphatic heterocycles. The predicted octanol–water partition coefficient (Wildman–Crippen LogP) is 4.23. The Balaban J connectivity index is 1.43. The largest absolute Gasteiger partial charge is 0.459 e. The molecule has 1 fully saturated rings. The molecule has 0 radical (unpaired) electrons. The molecule has 6 heteroatoms. The summed E-state index contributed by atoms with van der Waals surface area (Å²) in [6, 6.07) is 12.0. The zero-order chi connectivity index (χ0) is 20.1. The Hall–Kier alpha value is -2.15. The number of aliphatic hydroxyl groups excluding tert-OH is 1. The first-order valence-electron chi connectivity index (χ1n) is 10.2. The zero-order valence-corrected chi connectivity index (χ0v) is 17.2. The van der Waals surface area contributed by atoms with E-state index in [2.05, 4.69) is 16.8 Å². The van der Waals surface area contributed by atoms with Crippen molar-refractivity contribution in [3.8, 4) is 0 Å². The first kappa shape index (κ1) is 20.1. The van der Waals surface area contributed by atoms with Crippen LogP contribution in [-0.2, 0) is 27.5 Å². The number of thiophene rings is 1. The number of carbonyl (C=O) groups excluding carboxylic acids is 1. The van der Waals surface area contributed by atoms with Crippen LogP contribution in [0.5, 0.6) is 0 Å². The van der Waals surface area contributed by atoms with E-state index in [-0.39, 0.29) is 24.5 Å². The van der Waals surface area contributed by atoms with Gasteiger partial charge in [-0.2, -0.15) is 0 Å². The molecule has 2 aliphatic rings. The maximum Gasteiger partial charge on any atom is 0.286 e. The lowest BCUT2D eigenvalue weighted by molar-refractivity contribution is -0.150. The lowest BCUT2D eigenvalue weighted by Crippen LogP contribution is -2.37. The van der Waals surface area contributed by atoms with E-state index in [1.807, 2.05) is 36.4 Å². The number of nitrogens with one attached hydrogen (secondary N) is 1. The number of hydrogen-bond donors (Lipinski definition) is 2. The number of benzene rings is 1. The van der Waals surface area contributed by atoms with Gasteiger partial charge in [-0.15, -0.1) is 11.3 Å². The summed E-state index contributed by atoms with van der Waals surface area (Å²) in [6.45, 7) is 0.421. The van der Waals surface area contributed by atoms with Gasteiger partial charge in [0, 0.05) is 23.3 Å². The van der Waals surface area contributed by atoms with Crippen molar-refractivity contribution in [1.82, 2.24) is 5.32 Å². The van der Waals surface area contributed by atoms with Gasteiger partial charge >= 0.3 is 0 Å². The second-order valence-corrected chi connectivity index (χ2v) is 8.66. The summed E-state index contributed by atoms with van der Waals surface area (Å²) in [5.74, 6) is 0.330. The molecule has 2 aromatic rings. The molecule has 1 aromatic heterocycles. The van der Waals surface area contributed by atoms with Gasteiger partial charge in [0.1, 0.15) is 0 Å². The zero-order valence-electron chi connectivity index (χ0n) is 16.4. The van der Waals surface area contributed by atoms with Gasteiger partial charge in [0.05, 0.1) is 13.2 Å². The van der Waals surface area contributed by atoms with E-state index < -0.39 is 6.29 Å². The molecule has 1 amide bonds. The number of allylic oxidation sites excluding steroid dienone is 1. The molecule has 0 spiro atoms. The molecular formula is C23H27NO4S. The average Bonchev–Trinajstić information content (AvgIpc) is 3.47. The number of aliphatic hydroxyl groups is 1. The molecule has 2 atom stereocenters. The minimum absolute atomic E-state index is 0.0274. The van der Waals surface area contributed by atoms with Crippen LogP contribution in [0.4, 0.5) is 0 Å². The van der Waals surface area contributed by atoms with Crippen LogP contribution in [0.2, 0.25) is 0 Å². The molecule has 29 heavy (non-hydrogen) atoms. The van der Waals surface area contributed by atoms with E-state index in [1.165, 1.54) is 17.7 Å². The van der Waals surface area contributed by atoms with E-state index in [1.54, 1.807) is 11.3 Å². The second-order valence-electron chi connectivity index (χ2n) is 7.68. The summed E-state index contributed by atoms with van der Waals surface area (Å²) in [7, 11) is 0. The van der Waals surface area contributed by atoms with Gasteiger partial charge in [-0.05, 0) is 41.5 Å². The van der Waals surface area contributed by atoms with Crippen LogP contribution in [-0.4, -0.2) is 23.3 Å². The van der Waals surface area contributed by atoms with Gasteiger partial charge in [0.2, 0.25) is 6.29 Å². The minimum Gasteiger partial charge on any atom is -0.459 e. The predicted molar refractivity (Wildman–Crippen MR) is 112 cm³/mol. The van der Waals surface area contributed by atoms with Crippen molar-refractivity contribution in [2.24, 2.45) is 0 Å². The third-order valence-corrected chi connectivity index (χ3v) is 6.53. The van der Waals surface area contributed by atoms with Gasteiger partial charge in [-0.3, -0.25) is 4.79 Å². The van der Waals surface area contributed by atoms with Crippen molar-refractivity contribution in [3.05, 3.63) is 69.6 Å². The SMILES string of the molecule is O=C(NC1CCCC1)C1=C[C@H](c2cccs2)C[C@H](OCc2ccc(CO)cc2)O1. The Morgan fingerprint density at radius 2 is 1.93 bits per heavy atom. The van der Waals surface area contributed by atoms with Gasteiger partial charge in [-0.25, -0.2) is 0 Å². The van der Waals surface area contributed by atoms with Crippen LogP contribution in [0.1, 0.15) is 54.0 Å². The maximum atomic E-state index is 12.8. The summed E-state index contributed by atoms with van der Waals surface area (Å²) in [5.41, 5.74) is 1.87. The highest BCUT2D eigenvalue weighted by Gasteiger charge is 2.30. The minimum atomic E-state index is -0.478. The molecule has 2 heterocycles. The standard InChI is InChI=1S/C23H27NO4S/c25-14-16-7-9-17(10-8-16)15-27-22-13-18(21-6-3-11-29-21)12-20(28-22)23(26)24-19-4-1-2-5-19/h3,6-12,18-19,22,25H,1-2,4-5,13-15H2,(H,24,26)/t18-,22+/m0/s1. The Morgan fingerprint density at radius 3 is 2.62 bits per heavy atom. The van der Waals surface area contributed by atoms with Crippen molar-refractivity contribution in [2.45, 2.75) is 63.6 Å². The van der Waals surface area contributed by atoms with E-state index in [0.717, 1.165) is 24.0 Å². The average molecular weight is 414 g/mol. The number of rotatable bonds is 7. The van der Waals surface area contributed by atoms with Crippen LogP contribution in [0, 0.1) is 0 Å². The second kappa shape index (κ2) is 9.57. The molecule has 5 nitrogen and oxygen atoms in total. The van der Waals surface area contributed by atoms with Gasteiger partial charge in [0.25, 0.3) is 5.91 Å². The van der Waals surface area contributed by atoms with Crippen LogP contribution < -0.4 is 5.32 Å². The highest BCUT2D eigenvalue weighted by atomic mass is 32.1. The van der Waals surface area contributed by atoms with Crippen LogP contribution in [0.25, 0.3) is 0 Å². The maximum absolute atomic E-state index is 12.8. The highest BCUT2D eigenvalue weighted by Crippen LogP contribution is 2.34. The number of amides is 1. The van der Waals surface area contributed by atoms with E-state index in [0.29, 0.717) is 18.8 Å². The molecule has 154 valence electrons. The van der Waals surface area contributed by atoms with E-state index >= 15 is 0 Å². The third kappa shape index (κ3) is 5.26. The molecule has 1 saturated carbocycles. The van der Waals surface area contributed by atoms with Crippen LogP contribution in [0.3, 0.4) is 0 Å². The molecular weight excluding hydrogens is 386 g/mol. The van der Waals surface area contributed by atoms with Crippen LogP contribution in [0.15, 0.2) is 53.6 Å². The number of hydrogen-bond acceptors (Lipinski definition) is 5. The summed E-state index contributed by atoms with van der Waals surface area (Å²) < 4.78 is 12.0. The van der Waals surface area contributed by atoms with E-state index in [4.69, 9.17) is 9.47 Å². The Kier molecular flexibility index (Phi) is 6.64. The van der Waals surface area contributed by atoms with Crippen molar-refractivity contribution in [3.63, 3.8) is 0 Å². The third-order valence-electron chi connectivity index (χ3n) is 5.52. The molecule has 0 unspecified atom stereocenters. The fraction of sp³-hybridized carbons (Fsp3) is 0.435. The monoisotopic (exact) mass is 413 g/mol. The summed E-state index contributed by atoms with van der Waals surface area (Å²) in [5, 5.41) is 14.3. The summed E-state index contributed by atoms with van der Waals surface area (Å²) in [6.07, 6.45) is 6.55. The smallest absolute Gasteiger partial charge is 0.286 e. The number of carbonyl (C=O) groups is 1. The Labute approximate surface area is 175 Å². The van der Waals surface area contributed by atoms with Gasteiger partial charge in [-0.1, -0.05) is 43.2 Å². The van der Waals surface area contributed by atoms with Crippen molar-refractivity contribution in [1.29, 1.82) is 0 Å². The molecule has 2 N–H and O–H groups in total. The normalized spacial score (nSPS) is 22.2. The quantitative estimate of drug-likeness (QED) is 0.713. The van der Waals surface area contributed by atoms with Crippen molar-refractivity contribution in [2.75, 3.05) is 0 Å². The number of ether oxygens (including phenoxy) is 2. The first-order chi connectivity index (χ1) is 14.2. The van der Waals surface area contributed by atoms with E-state index in [9.17, 15) is 9.90 Å². The molecule has 0 bridgehead atoms. The van der Waals surface area contributed by atoms with Gasteiger partial charge in [0.15, 0.2) is 5.76 Å². The Morgan fingerprint density at radius 1 is 1.17 bits per heavy atom. The fourth-order valence-corrected chi connectivity index (χ4v) is 4.69. The lowest BCUT2D eigenvalue weighted by Gasteiger charge is -2.29. The summed E-state index contributed by atoms with van der Waals surface area (Å²) in [4.78, 5) is 14.0. The summed E-state index contributed by atoms with van der Waals surface area (Å²) >= 11 is 1.69. The molecule has 1 aliphatic carbocycles. The fourth-order valence-electron chi connectivity index (χ4n) is 3.88. The van der Waals surface area contributed by atoms with Crippen LogP contribution >= 0.6 is 11.3 Å². The van der Waals surface area contributed by atoms with Crippen molar-refractivity contribution >= 4 is 17.2 Å².